The lowest BCUT2D eigenvalue weighted by Gasteiger charge is -2.30. The smallest absolute Gasteiger partial charge is 0.308 e. The van der Waals surface area contributed by atoms with Gasteiger partial charge in [-0.05, 0) is 16.4 Å². The standard InChI is InChI=1S/C20H31NO3/c1-13(22)24-18-15(19(2,3)4)10-14(12-17(23)21(8)9)11-16(18)20(5,6)7/h10-11H,12H2,1-9H3. The second-order valence-electron chi connectivity index (χ2n) is 8.58. The predicted octanol–water partition coefficient (Wildman–Crippen LogP) is 3.84. The number of ether oxygens (including phenoxy) is 1. The van der Waals surface area contributed by atoms with Crippen molar-refractivity contribution in [2.75, 3.05) is 14.1 Å². The third-order valence-corrected chi connectivity index (χ3v) is 3.86. The van der Waals surface area contributed by atoms with Crippen LogP contribution in [0.25, 0.3) is 0 Å². The SMILES string of the molecule is CC(=O)Oc1c(C(C)(C)C)cc(CC(=O)N(C)C)cc1C(C)(C)C. The number of hydrogen-bond donors (Lipinski definition) is 0. The number of amides is 1. The summed E-state index contributed by atoms with van der Waals surface area (Å²) >= 11 is 0. The molecule has 0 unspecified atom stereocenters. The molecule has 0 aliphatic heterocycles. The summed E-state index contributed by atoms with van der Waals surface area (Å²) in [5.74, 6) is 0.349. The molecule has 0 heterocycles. The first kappa shape index (κ1) is 20.2. The minimum atomic E-state index is -0.330. The Labute approximate surface area is 146 Å². The van der Waals surface area contributed by atoms with E-state index in [-0.39, 0.29) is 22.7 Å². The first-order valence-electron chi connectivity index (χ1n) is 8.30. The van der Waals surface area contributed by atoms with Crippen molar-refractivity contribution in [3.8, 4) is 5.75 Å². The number of benzene rings is 1. The summed E-state index contributed by atoms with van der Waals surface area (Å²) in [5, 5.41) is 0. The van der Waals surface area contributed by atoms with Gasteiger partial charge in [-0.3, -0.25) is 9.59 Å². The maximum Gasteiger partial charge on any atom is 0.308 e. The molecule has 1 rings (SSSR count). The fraction of sp³-hybridized carbons (Fsp3) is 0.600. The molecule has 1 amide bonds. The molecule has 4 nitrogen and oxygen atoms in total. The van der Waals surface area contributed by atoms with Crippen molar-refractivity contribution in [2.24, 2.45) is 0 Å². The number of nitrogens with zero attached hydrogens (tertiary/aromatic N) is 1. The molecule has 134 valence electrons. The van der Waals surface area contributed by atoms with Crippen LogP contribution >= 0.6 is 0 Å². The predicted molar refractivity (Wildman–Crippen MR) is 97.5 cm³/mol. The fourth-order valence-electron chi connectivity index (χ4n) is 2.49. The lowest BCUT2D eigenvalue weighted by molar-refractivity contribution is -0.132. The summed E-state index contributed by atoms with van der Waals surface area (Å²) in [7, 11) is 3.51. The zero-order valence-corrected chi connectivity index (χ0v) is 16.5. The highest BCUT2D eigenvalue weighted by Crippen LogP contribution is 2.41. The second-order valence-corrected chi connectivity index (χ2v) is 8.58. The normalized spacial score (nSPS) is 12.0. The van der Waals surface area contributed by atoms with E-state index in [1.165, 1.54) is 6.92 Å². The monoisotopic (exact) mass is 333 g/mol. The zero-order chi connectivity index (χ0) is 18.9. The maximum atomic E-state index is 12.1. The Morgan fingerprint density at radius 3 is 1.67 bits per heavy atom. The third-order valence-electron chi connectivity index (χ3n) is 3.86. The van der Waals surface area contributed by atoms with Gasteiger partial charge in [0.2, 0.25) is 5.91 Å². The van der Waals surface area contributed by atoms with E-state index < -0.39 is 0 Å². The van der Waals surface area contributed by atoms with Crippen molar-refractivity contribution in [3.05, 3.63) is 28.8 Å². The highest BCUT2D eigenvalue weighted by atomic mass is 16.5. The Hall–Kier alpha value is -1.84. The molecule has 0 spiro atoms. The van der Waals surface area contributed by atoms with Gasteiger partial charge in [0.15, 0.2) is 0 Å². The van der Waals surface area contributed by atoms with Gasteiger partial charge < -0.3 is 9.64 Å². The lowest BCUT2D eigenvalue weighted by Crippen LogP contribution is -2.25. The van der Waals surface area contributed by atoms with Crippen LogP contribution in [0.3, 0.4) is 0 Å². The number of carbonyl (C=O) groups is 2. The zero-order valence-electron chi connectivity index (χ0n) is 16.5. The Bertz CT molecular complexity index is 596. The van der Waals surface area contributed by atoms with Crippen LogP contribution in [0, 0.1) is 0 Å². The molecule has 1 aromatic carbocycles. The van der Waals surface area contributed by atoms with Crippen LogP contribution in [0.2, 0.25) is 0 Å². The van der Waals surface area contributed by atoms with Gasteiger partial charge >= 0.3 is 5.97 Å². The second kappa shape index (κ2) is 6.96. The molecule has 0 atom stereocenters. The first-order chi connectivity index (χ1) is 10.7. The van der Waals surface area contributed by atoms with E-state index in [9.17, 15) is 9.59 Å². The largest absolute Gasteiger partial charge is 0.426 e. The Morgan fingerprint density at radius 1 is 0.958 bits per heavy atom. The van der Waals surface area contributed by atoms with Crippen molar-refractivity contribution in [2.45, 2.75) is 65.7 Å². The van der Waals surface area contributed by atoms with Gasteiger partial charge in [-0.15, -0.1) is 0 Å². The molecule has 0 bridgehead atoms. The van der Waals surface area contributed by atoms with Crippen molar-refractivity contribution >= 4 is 11.9 Å². The molecule has 0 aliphatic carbocycles. The number of hydrogen-bond acceptors (Lipinski definition) is 3. The van der Waals surface area contributed by atoms with E-state index in [2.05, 4.69) is 41.5 Å². The van der Waals surface area contributed by atoms with Crippen molar-refractivity contribution in [1.82, 2.24) is 4.90 Å². The topological polar surface area (TPSA) is 46.6 Å². The summed E-state index contributed by atoms with van der Waals surface area (Å²) in [6.07, 6.45) is 0.333. The van der Waals surface area contributed by atoms with Crippen LogP contribution in [0.4, 0.5) is 0 Å². The molecule has 0 N–H and O–H groups in total. The van der Waals surface area contributed by atoms with Crippen LogP contribution in [0.5, 0.6) is 5.75 Å². The highest BCUT2D eigenvalue weighted by molar-refractivity contribution is 5.79. The molecule has 0 fully saturated rings. The number of esters is 1. The van der Waals surface area contributed by atoms with Crippen LogP contribution in [-0.2, 0) is 26.8 Å². The van der Waals surface area contributed by atoms with E-state index >= 15 is 0 Å². The van der Waals surface area contributed by atoms with Crippen LogP contribution in [0.15, 0.2) is 12.1 Å². The summed E-state index contributed by atoms with van der Waals surface area (Å²) < 4.78 is 5.60. The Balaban J connectivity index is 3.63. The lowest BCUT2D eigenvalue weighted by atomic mass is 9.78. The van der Waals surface area contributed by atoms with E-state index in [1.807, 2.05) is 12.1 Å². The minimum Gasteiger partial charge on any atom is -0.426 e. The minimum absolute atomic E-state index is 0.0509. The maximum absolute atomic E-state index is 12.1. The van der Waals surface area contributed by atoms with E-state index in [1.54, 1.807) is 19.0 Å². The van der Waals surface area contributed by atoms with Gasteiger partial charge in [-0.2, -0.15) is 0 Å². The van der Waals surface area contributed by atoms with Gasteiger partial charge in [0.1, 0.15) is 5.75 Å². The van der Waals surface area contributed by atoms with Crippen LogP contribution < -0.4 is 4.74 Å². The fourth-order valence-corrected chi connectivity index (χ4v) is 2.49. The van der Waals surface area contributed by atoms with Gasteiger partial charge in [0.05, 0.1) is 6.42 Å². The van der Waals surface area contributed by atoms with Gasteiger partial charge in [0.25, 0.3) is 0 Å². The Morgan fingerprint density at radius 2 is 1.38 bits per heavy atom. The van der Waals surface area contributed by atoms with Crippen molar-refractivity contribution < 1.29 is 14.3 Å². The summed E-state index contributed by atoms with van der Waals surface area (Å²) in [4.78, 5) is 25.4. The molecule has 24 heavy (non-hydrogen) atoms. The first-order valence-corrected chi connectivity index (χ1v) is 8.30. The quantitative estimate of drug-likeness (QED) is 0.624. The average Bonchev–Trinajstić information content (AvgIpc) is 2.36. The average molecular weight is 333 g/mol. The van der Waals surface area contributed by atoms with E-state index in [0.29, 0.717) is 12.2 Å². The Kier molecular flexibility index (Phi) is 5.86. The van der Waals surface area contributed by atoms with Crippen molar-refractivity contribution in [3.63, 3.8) is 0 Å². The van der Waals surface area contributed by atoms with Gasteiger partial charge in [-0.1, -0.05) is 53.7 Å². The summed E-state index contributed by atoms with van der Waals surface area (Å²) in [6.45, 7) is 13.9. The van der Waals surface area contributed by atoms with E-state index in [4.69, 9.17) is 4.74 Å². The van der Waals surface area contributed by atoms with E-state index in [0.717, 1.165) is 16.7 Å². The third kappa shape index (κ3) is 5.08. The van der Waals surface area contributed by atoms with Crippen molar-refractivity contribution in [1.29, 1.82) is 0 Å². The molecule has 0 aromatic heterocycles. The molecular formula is C20H31NO3. The molecule has 0 saturated carbocycles. The van der Waals surface area contributed by atoms with Gasteiger partial charge in [0, 0.05) is 32.1 Å². The number of likely N-dealkylation sites (N-methyl/N-ethyl adjacent to an activating group) is 1. The molecule has 0 saturated heterocycles. The molecule has 4 heteroatoms. The van der Waals surface area contributed by atoms with Crippen LogP contribution in [-0.4, -0.2) is 30.9 Å². The summed E-state index contributed by atoms with van der Waals surface area (Å²) in [5.41, 5.74) is 2.43. The number of carbonyl (C=O) groups excluding carboxylic acids is 2. The highest BCUT2D eigenvalue weighted by Gasteiger charge is 2.29. The number of rotatable bonds is 3. The molecule has 0 aliphatic rings. The molecular weight excluding hydrogens is 302 g/mol. The molecule has 1 aromatic rings. The van der Waals surface area contributed by atoms with Gasteiger partial charge in [-0.25, -0.2) is 0 Å². The van der Waals surface area contributed by atoms with Crippen LogP contribution in [0.1, 0.15) is 65.2 Å². The summed E-state index contributed by atoms with van der Waals surface area (Å²) in [6, 6.07) is 3.99. The molecule has 0 radical (unpaired) electrons.